The van der Waals surface area contributed by atoms with Crippen LogP contribution < -0.4 is 5.73 Å². The molecule has 0 bridgehead atoms. The summed E-state index contributed by atoms with van der Waals surface area (Å²) in [7, 11) is 0. The molecule has 3 nitrogen and oxygen atoms in total. The molecule has 13 heavy (non-hydrogen) atoms. The molecule has 76 valence electrons. The molecule has 2 N–H and O–H groups in total. The summed E-state index contributed by atoms with van der Waals surface area (Å²) >= 11 is 0. The zero-order valence-electron chi connectivity index (χ0n) is 8.29. The molecule has 0 heterocycles. The van der Waals surface area contributed by atoms with E-state index >= 15 is 0 Å². The van der Waals surface area contributed by atoms with Crippen molar-refractivity contribution in [3.05, 3.63) is 12.7 Å². The third-order valence-electron chi connectivity index (χ3n) is 1.66. The SMILES string of the molecule is C=CCC(N)CC(=O)OCCCC. The first-order valence-corrected chi connectivity index (χ1v) is 4.72. The van der Waals surface area contributed by atoms with Gasteiger partial charge in [-0.2, -0.15) is 0 Å². The Morgan fingerprint density at radius 2 is 2.38 bits per heavy atom. The highest BCUT2D eigenvalue weighted by molar-refractivity contribution is 5.70. The fourth-order valence-electron chi connectivity index (χ4n) is 0.901. The number of hydrogen-bond acceptors (Lipinski definition) is 3. The first kappa shape index (κ1) is 12.2. The van der Waals surface area contributed by atoms with E-state index in [2.05, 4.69) is 13.5 Å². The van der Waals surface area contributed by atoms with Crippen LogP contribution >= 0.6 is 0 Å². The van der Waals surface area contributed by atoms with Crippen LogP contribution in [0.1, 0.15) is 32.6 Å². The Hall–Kier alpha value is -0.830. The molecule has 0 aliphatic carbocycles. The summed E-state index contributed by atoms with van der Waals surface area (Å²) in [5.74, 6) is -0.206. The van der Waals surface area contributed by atoms with Crippen molar-refractivity contribution >= 4 is 5.97 Å². The van der Waals surface area contributed by atoms with E-state index in [0.717, 1.165) is 12.8 Å². The lowest BCUT2D eigenvalue weighted by Gasteiger charge is -2.08. The van der Waals surface area contributed by atoms with Gasteiger partial charge in [-0.1, -0.05) is 19.4 Å². The van der Waals surface area contributed by atoms with E-state index < -0.39 is 0 Å². The van der Waals surface area contributed by atoms with Crippen molar-refractivity contribution in [2.45, 2.75) is 38.6 Å². The van der Waals surface area contributed by atoms with Gasteiger partial charge >= 0.3 is 5.97 Å². The van der Waals surface area contributed by atoms with Gasteiger partial charge in [-0.05, 0) is 12.8 Å². The highest BCUT2D eigenvalue weighted by Crippen LogP contribution is 1.98. The molecule has 0 saturated heterocycles. The topological polar surface area (TPSA) is 52.3 Å². The van der Waals surface area contributed by atoms with Gasteiger partial charge in [0.05, 0.1) is 13.0 Å². The van der Waals surface area contributed by atoms with Gasteiger partial charge in [-0.25, -0.2) is 0 Å². The van der Waals surface area contributed by atoms with Gasteiger partial charge in [0.25, 0.3) is 0 Å². The van der Waals surface area contributed by atoms with E-state index in [0.29, 0.717) is 13.0 Å². The Balaban J connectivity index is 3.43. The molecule has 3 heteroatoms. The van der Waals surface area contributed by atoms with Gasteiger partial charge in [0.15, 0.2) is 0 Å². The summed E-state index contributed by atoms with van der Waals surface area (Å²) in [6, 6.07) is -0.147. The first-order chi connectivity index (χ1) is 6.20. The van der Waals surface area contributed by atoms with Crippen LogP contribution in [0.5, 0.6) is 0 Å². The molecule has 0 fully saturated rings. The van der Waals surface area contributed by atoms with E-state index in [4.69, 9.17) is 10.5 Å². The van der Waals surface area contributed by atoms with E-state index in [-0.39, 0.29) is 18.4 Å². The Bertz CT molecular complexity index is 157. The second kappa shape index (κ2) is 7.80. The molecular formula is C10H19NO2. The minimum Gasteiger partial charge on any atom is -0.466 e. The summed E-state index contributed by atoms with van der Waals surface area (Å²) in [6.45, 7) is 6.11. The highest BCUT2D eigenvalue weighted by Gasteiger charge is 2.08. The molecule has 0 aliphatic rings. The molecule has 0 saturated carbocycles. The normalized spacial score (nSPS) is 12.2. The molecule has 1 atom stereocenters. The lowest BCUT2D eigenvalue weighted by Crippen LogP contribution is -2.24. The van der Waals surface area contributed by atoms with E-state index in [1.165, 1.54) is 0 Å². The van der Waals surface area contributed by atoms with Gasteiger partial charge in [0.2, 0.25) is 0 Å². The summed E-state index contributed by atoms with van der Waals surface area (Å²) in [5.41, 5.74) is 5.62. The van der Waals surface area contributed by atoms with Crippen LogP contribution in [0.25, 0.3) is 0 Å². The van der Waals surface area contributed by atoms with Crippen molar-refractivity contribution in [1.82, 2.24) is 0 Å². The summed E-state index contributed by atoms with van der Waals surface area (Å²) in [6.07, 6.45) is 4.61. The average Bonchev–Trinajstić information content (AvgIpc) is 2.05. The number of nitrogens with two attached hydrogens (primary N) is 1. The molecule has 0 aromatic rings. The van der Waals surface area contributed by atoms with E-state index in [1.807, 2.05) is 0 Å². The van der Waals surface area contributed by atoms with Gasteiger partial charge in [0.1, 0.15) is 0 Å². The number of esters is 1. The zero-order valence-corrected chi connectivity index (χ0v) is 8.29. The lowest BCUT2D eigenvalue weighted by atomic mass is 10.1. The summed E-state index contributed by atoms with van der Waals surface area (Å²) < 4.78 is 4.95. The fourth-order valence-corrected chi connectivity index (χ4v) is 0.901. The van der Waals surface area contributed by atoms with Crippen molar-refractivity contribution in [2.24, 2.45) is 5.73 Å². The maximum absolute atomic E-state index is 11.1. The average molecular weight is 185 g/mol. The third kappa shape index (κ3) is 7.53. The lowest BCUT2D eigenvalue weighted by molar-refractivity contribution is -0.144. The maximum Gasteiger partial charge on any atom is 0.307 e. The minimum absolute atomic E-state index is 0.147. The summed E-state index contributed by atoms with van der Waals surface area (Å²) in [5, 5.41) is 0. The Morgan fingerprint density at radius 3 is 2.92 bits per heavy atom. The quantitative estimate of drug-likeness (QED) is 0.372. The largest absolute Gasteiger partial charge is 0.466 e. The van der Waals surface area contributed by atoms with Crippen LogP contribution in [-0.2, 0) is 9.53 Å². The molecule has 0 spiro atoms. The molecular weight excluding hydrogens is 166 g/mol. The van der Waals surface area contributed by atoms with Crippen molar-refractivity contribution in [1.29, 1.82) is 0 Å². The van der Waals surface area contributed by atoms with Crippen LogP contribution in [0.4, 0.5) is 0 Å². The molecule has 0 rings (SSSR count). The van der Waals surface area contributed by atoms with Crippen molar-refractivity contribution < 1.29 is 9.53 Å². The maximum atomic E-state index is 11.1. The van der Waals surface area contributed by atoms with Gasteiger partial charge in [-0.3, -0.25) is 4.79 Å². The third-order valence-corrected chi connectivity index (χ3v) is 1.66. The van der Waals surface area contributed by atoms with Crippen molar-refractivity contribution in [2.75, 3.05) is 6.61 Å². The summed E-state index contributed by atoms with van der Waals surface area (Å²) in [4.78, 5) is 11.1. The van der Waals surface area contributed by atoms with Gasteiger partial charge in [-0.15, -0.1) is 6.58 Å². The highest BCUT2D eigenvalue weighted by atomic mass is 16.5. The van der Waals surface area contributed by atoms with Crippen molar-refractivity contribution in [3.8, 4) is 0 Å². The van der Waals surface area contributed by atoms with Gasteiger partial charge < -0.3 is 10.5 Å². The number of rotatable bonds is 7. The molecule has 0 amide bonds. The molecule has 1 unspecified atom stereocenters. The predicted octanol–water partition coefficient (Wildman–Crippen LogP) is 1.62. The minimum atomic E-state index is -0.206. The predicted molar refractivity (Wildman–Crippen MR) is 53.3 cm³/mol. The van der Waals surface area contributed by atoms with Crippen LogP contribution in [0, 0.1) is 0 Å². The number of carbonyl (C=O) groups excluding carboxylic acids is 1. The zero-order chi connectivity index (χ0) is 10.1. The first-order valence-electron chi connectivity index (χ1n) is 4.72. The molecule has 0 radical (unpaired) electrons. The number of hydrogen-bond donors (Lipinski definition) is 1. The number of ether oxygens (including phenoxy) is 1. The van der Waals surface area contributed by atoms with Crippen LogP contribution in [0.2, 0.25) is 0 Å². The standard InChI is InChI=1S/C10H19NO2/c1-3-5-7-13-10(12)8-9(11)6-4-2/h4,9H,2-3,5-8,11H2,1H3. The monoisotopic (exact) mass is 185 g/mol. The second-order valence-corrected chi connectivity index (χ2v) is 3.06. The van der Waals surface area contributed by atoms with Crippen LogP contribution in [-0.4, -0.2) is 18.6 Å². The van der Waals surface area contributed by atoms with Crippen LogP contribution in [0.15, 0.2) is 12.7 Å². The Kier molecular flexibility index (Phi) is 7.30. The Labute approximate surface area is 79.9 Å². The van der Waals surface area contributed by atoms with E-state index in [9.17, 15) is 4.79 Å². The second-order valence-electron chi connectivity index (χ2n) is 3.06. The number of unbranched alkanes of at least 4 members (excludes halogenated alkanes) is 1. The van der Waals surface area contributed by atoms with E-state index in [1.54, 1.807) is 6.08 Å². The van der Waals surface area contributed by atoms with Gasteiger partial charge in [0, 0.05) is 6.04 Å². The molecule has 0 aromatic carbocycles. The van der Waals surface area contributed by atoms with Crippen LogP contribution in [0.3, 0.4) is 0 Å². The van der Waals surface area contributed by atoms with Crippen molar-refractivity contribution in [3.63, 3.8) is 0 Å². The molecule has 0 aliphatic heterocycles. The number of carbonyl (C=O) groups is 1. The Morgan fingerprint density at radius 1 is 1.69 bits per heavy atom. The fraction of sp³-hybridized carbons (Fsp3) is 0.700. The smallest absolute Gasteiger partial charge is 0.307 e. The molecule has 0 aromatic heterocycles.